The lowest BCUT2D eigenvalue weighted by molar-refractivity contribution is 0.0526. The SMILES string of the molecule is CC(C)(C)OC(=O)NCC(c1ccccc1)c1nncs1. The number of hydrogen-bond donors (Lipinski definition) is 1. The van der Waals surface area contributed by atoms with Crippen LogP contribution in [0.5, 0.6) is 0 Å². The number of aromatic nitrogens is 2. The van der Waals surface area contributed by atoms with Crippen LogP contribution in [0.25, 0.3) is 0 Å². The van der Waals surface area contributed by atoms with Crippen molar-refractivity contribution in [3.8, 4) is 0 Å². The van der Waals surface area contributed by atoms with E-state index in [1.807, 2.05) is 51.1 Å². The van der Waals surface area contributed by atoms with E-state index >= 15 is 0 Å². The molecular weight excluding hydrogens is 286 g/mol. The lowest BCUT2D eigenvalue weighted by atomic mass is 10.00. The number of alkyl carbamates (subject to hydrolysis) is 1. The van der Waals surface area contributed by atoms with Gasteiger partial charge in [-0.2, -0.15) is 0 Å². The van der Waals surface area contributed by atoms with Gasteiger partial charge in [0.1, 0.15) is 16.1 Å². The molecule has 0 aliphatic heterocycles. The molecule has 21 heavy (non-hydrogen) atoms. The van der Waals surface area contributed by atoms with Crippen molar-refractivity contribution < 1.29 is 9.53 Å². The van der Waals surface area contributed by atoms with Gasteiger partial charge in [0.05, 0.1) is 5.92 Å². The number of carbonyl (C=O) groups is 1. The highest BCUT2D eigenvalue weighted by Gasteiger charge is 2.21. The molecular formula is C15H19N3O2S. The number of benzene rings is 1. The molecule has 0 radical (unpaired) electrons. The van der Waals surface area contributed by atoms with Crippen molar-refractivity contribution in [3.63, 3.8) is 0 Å². The summed E-state index contributed by atoms with van der Waals surface area (Å²) in [6, 6.07) is 9.93. The first-order chi connectivity index (χ1) is 9.96. The highest BCUT2D eigenvalue weighted by molar-refractivity contribution is 7.09. The third-order valence-electron chi connectivity index (χ3n) is 2.73. The molecule has 2 aromatic rings. The Kier molecular flexibility index (Phi) is 4.90. The minimum absolute atomic E-state index is 0.0220. The van der Waals surface area contributed by atoms with Crippen LogP contribution in [0.2, 0.25) is 0 Å². The van der Waals surface area contributed by atoms with Gasteiger partial charge in [-0.3, -0.25) is 0 Å². The molecule has 6 heteroatoms. The monoisotopic (exact) mass is 305 g/mol. The van der Waals surface area contributed by atoms with Gasteiger partial charge in [0, 0.05) is 6.54 Å². The summed E-state index contributed by atoms with van der Waals surface area (Å²) in [6.07, 6.45) is -0.423. The summed E-state index contributed by atoms with van der Waals surface area (Å²) in [5, 5.41) is 11.7. The summed E-state index contributed by atoms with van der Waals surface area (Å²) < 4.78 is 5.26. The molecule has 1 heterocycles. The molecule has 1 aromatic heterocycles. The summed E-state index contributed by atoms with van der Waals surface area (Å²) in [5.74, 6) is -0.0220. The van der Waals surface area contributed by atoms with Crippen LogP contribution in [0.4, 0.5) is 4.79 Å². The fraction of sp³-hybridized carbons (Fsp3) is 0.400. The Morgan fingerprint density at radius 3 is 2.62 bits per heavy atom. The Bertz CT molecular complexity index is 564. The van der Waals surface area contributed by atoms with Gasteiger partial charge in [-0.25, -0.2) is 4.79 Å². The van der Waals surface area contributed by atoms with Crippen molar-refractivity contribution in [1.82, 2.24) is 15.5 Å². The van der Waals surface area contributed by atoms with Crippen molar-refractivity contribution in [1.29, 1.82) is 0 Å². The molecule has 1 atom stereocenters. The molecule has 5 nitrogen and oxygen atoms in total. The van der Waals surface area contributed by atoms with Crippen molar-refractivity contribution in [2.45, 2.75) is 32.3 Å². The van der Waals surface area contributed by atoms with Crippen molar-refractivity contribution in [3.05, 3.63) is 46.4 Å². The van der Waals surface area contributed by atoms with Crippen LogP contribution in [0.15, 0.2) is 35.8 Å². The van der Waals surface area contributed by atoms with Gasteiger partial charge >= 0.3 is 6.09 Å². The molecule has 0 saturated carbocycles. The summed E-state index contributed by atoms with van der Waals surface area (Å²) >= 11 is 1.48. The molecule has 0 fully saturated rings. The average molecular weight is 305 g/mol. The number of rotatable bonds is 4. The molecule has 0 aliphatic rings. The predicted octanol–water partition coefficient (Wildman–Crippen LogP) is 3.19. The topological polar surface area (TPSA) is 64.1 Å². The molecule has 2 rings (SSSR count). The van der Waals surface area contributed by atoms with E-state index in [1.165, 1.54) is 11.3 Å². The zero-order valence-electron chi connectivity index (χ0n) is 12.4. The summed E-state index contributed by atoms with van der Waals surface area (Å²) in [4.78, 5) is 11.8. The molecule has 112 valence electrons. The van der Waals surface area contributed by atoms with Crippen molar-refractivity contribution >= 4 is 17.4 Å². The van der Waals surface area contributed by atoms with Gasteiger partial charge in [0.15, 0.2) is 0 Å². The van der Waals surface area contributed by atoms with E-state index in [2.05, 4.69) is 15.5 Å². The van der Waals surface area contributed by atoms with Crippen LogP contribution in [0.1, 0.15) is 37.3 Å². The molecule has 1 unspecified atom stereocenters. The second kappa shape index (κ2) is 6.67. The summed E-state index contributed by atoms with van der Waals surface area (Å²) in [7, 11) is 0. The first-order valence-electron chi connectivity index (χ1n) is 6.73. The largest absolute Gasteiger partial charge is 0.444 e. The average Bonchev–Trinajstić information content (AvgIpc) is 2.92. The standard InChI is InChI=1S/C15H19N3O2S/c1-15(2,3)20-14(19)16-9-12(13-18-17-10-21-13)11-7-5-4-6-8-11/h4-8,10,12H,9H2,1-3H3,(H,16,19). The van der Waals surface area contributed by atoms with Crippen LogP contribution < -0.4 is 5.32 Å². The second-order valence-electron chi connectivity index (χ2n) is 5.62. The Hall–Kier alpha value is -1.95. The van der Waals surface area contributed by atoms with Crippen LogP contribution in [-0.4, -0.2) is 28.4 Å². The van der Waals surface area contributed by atoms with E-state index in [4.69, 9.17) is 4.74 Å². The maximum Gasteiger partial charge on any atom is 0.407 e. The van der Waals surface area contributed by atoms with Gasteiger partial charge in [-0.05, 0) is 26.3 Å². The van der Waals surface area contributed by atoms with Crippen LogP contribution in [0.3, 0.4) is 0 Å². The zero-order valence-corrected chi connectivity index (χ0v) is 13.2. The first kappa shape index (κ1) is 15.4. The number of nitrogens with zero attached hydrogens (tertiary/aromatic N) is 2. The summed E-state index contributed by atoms with van der Waals surface area (Å²) in [5.41, 5.74) is 2.28. The maximum atomic E-state index is 11.8. The molecule has 1 N–H and O–H groups in total. The zero-order chi connectivity index (χ0) is 15.3. The van der Waals surface area contributed by atoms with Gasteiger partial charge in [-0.15, -0.1) is 21.5 Å². The number of hydrogen-bond acceptors (Lipinski definition) is 5. The van der Waals surface area contributed by atoms with Gasteiger partial charge < -0.3 is 10.1 Å². The smallest absolute Gasteiger partial charge is 0.407 e. The van der Waals surface area contributed by atoms with E-state index < -0.39 is 11.7 Å². The third-order valence-corrected chi connectivity index (χ3v) is 3.53. The van der Waals surface area contributed by atoms with Crippen LogP contribution in [0, 0.1) is 0 Å². The first-order valence-corrected chi connectivity index (χ1v) is 7.61. The third kappa shape index (κ3) is 4.82. The molecule has 0 saturated heterocycles. The second-order valence-corrected chi connectivity index (χ2v) is 6.49. The summed E-state index contributed by atoms with van der Waals surface area (Å²) in [6.45, 7) is 5.94. The van der Waals surface area contributed by atoms with E-state index in [0.29, 0.717) is 6.54 Å². The fourth-order valence-corrected chi connectivity index (χ4v) is 2.55. The number of ether oxygens (including phenoxy) is 1. The van der Waals surface area contributed by atoms with E-state index in [-0.39, 0.29) is 5.92 Å². The lowest BCUT2D eigenvalue weighted by Crippen LogP contribution is -2.35. The van der Waals surface area contributed by atoms with E-state index in [1.54, 1.807) is 5.51 Å². The number of nitrogens with one attached hydrogen (secondary N) is 1. The van der Waals surface area contributed by atoms with Crippen molar-refractivity contribution in [2.75, 3.05) is 6.54 Å². The van der Waals surface area contributed by atoms with E-state index in [9.17, 15) is 4.79 Å². The lowest BCUT2D eigenvalue weighted by Gasteiger charge is -2.21. The highest BCUT2D eigenvalue weighted by Crippen LogP contribution is 2.24. The number of amides is 1. The minimum Gasteiger partial charge on any atom is -0.444 e. The molecule has 1 aromatic carbocycles. The number of carbonyl (C=O) groups excluding carboxylic acids is 1. The van der Waals surface area contributed by atoms with Crippen LogP contribution >= 0.6 is 11.3 Å². The van der Waals surface area contributed by atoms with Gasteiger partial charge in [0.25, 0.3) is 0 Å². The van der Waals surface area contributed by atoms with Crippen LogP contribution in [-0.2, 0) is 4.74 Å². The molecule has 0 bridgehead atoms. The maximum absolute atomic E-state index is 11.8. The Morgan fingerprint density at radius 2 is 2.05 bits per heavy atom. The van der Waals surface area contributed by atoms with Gasteiger partial charge in [-0.1, -0.05) is 30.3 Å². The quantitative estimate of drug-likeness (QED) is 0.942. The van der Waals surface area contributed by atoms with E-state index in [0.717, 1.165) is 10.6 Å². The molecule has 1 amide bonds. The Balaban J connectivity index is 2.06. The molecule has 0 aliphatic carbocycles. The molecule has 0 spiro atoms. The Labute approximate surface area is 128 Å². The fourth-order valence-electron chi connectivity index (χ4n) is 1.87. The van der Waals surface area contributed by atoms with Crippen molar-refractivity contribution in [2.24, 2.45) is 0 Å². The van der Waals surface area contributed by atoms with Gasteiger partial charge in [0.2, 0.25) is 0 Å². The highest BCUT2D eigenvalue weighted by atomic mass is 32.1. The Morgan fingerprint density at radius 1 is 1.33 bits per heavy atom. The normalized spacial score (nSPS) is 12.7. The minimum atomic E-state index is -0.505. The predicted molar refractivity (Wildman–Crippen MR) is 82.4 cm³/mol.